The van der Waals surface area contributed by atoms with E-state index in [2.05, 4.69) is 10.3 Å². The van der Waals surface area contributed by atoms with E-state index in [0.717, 1.165) is 0 Å². The van der Waals surface area contributed by atoms with E-state index in [1.54, 1.807) is 6.92 Å². The number of aromatic nitrogens is 1. The smallest absolute Gasteiger partial charge is 0.152 e. The number of benzene rings is 1. The van der Waals surface area contributed by atoms with Gasteiger partial charge in [-0.2, -0.15) is 5.26 Å². The van der Waals surface area contributed by atoms with Crippen molar-refractivity contribution in [2.24, 2.45) is 0 Å². The van der Waals surface area contributed by atoms with E-state index in [1.165, 1.54) is 30.5 Å². The number of halogens is 2. The summed E-state index contributed by atoms with van der Waals surface area (Å²) in [5, 5.41) is 11.2. The molecule has 1 N–H and O–H groups in total. The molecule has 0 bridgehead atoms. The Morgan fingerprint density at radius 2 is 2.00 bits per heavy atom. The number of nitrogens with one attached hydrogen (secondary N) is 1. The van der Waals surface area contributed by atoms with Crippen molar-refractivity contribution in [2.45, 2.75) is 6.92 Å². The van der Waals surface area contributed by atoms with E-state index >= 15 is 0 Å². The molecule has 0 saturated carbocycles. The van der Waals surface area contributed by atoms with Crippen LogP contribution in [0.4, 0.5) is 20.2 Å². The fraction of sp³-hybridized carbons (Fsp3) is 0.0769. The molecule has 2 aromatic rings. The molecule has 0 atom stereocenters. The number of anilines is 2. The molecule has 1 heterocycles. The highest BCUT2D eigenvalue weighted by Gasteiger charge is 2.11. The van der Waals surface area contributed by atoms with Crippen molar-refractivity contribution < 1.29 is 8.78 Å². The van der Waals surface area contributed by atoms with Crippen LogP contribution in [0.15, 0.2) is 30.5 Å². The first-order valence-corrected chi connectivity index (χ1v) is 5.19. The fourth-order valence-corrected chi connectivity index (χ4v) is 1.45. The molecule has 0 aliphatic carbocycles. The van der Waals surface area contributed by atoms with Crippen LogP contribution >= 0.6 is 0 Å². The number of nitrogens with zero attached hydrogens (tertiary/aromatic N) is 2. The Morgan fingerprint density at radius 1 is 1.22 bits per heavy atom. The summed E-state index contributed by atoms with van der Waals surface area (Å²) in [6, 6.07) is 7.42. The highest BCUT2D eigenvalue weighted by Crippen LogP contribution is 2.25. The van der Waals surface area contributed by atoms with Crippen LogP contribution in [0, 0.1) is 29.9 Å². The summed E-state index contributed by atoms with van der Waals surface area (Å²) in [6.07, 6.45) is 1.35. The summed E-state index contributed by atoms with van der Waals surface area (Å²) < 4.78 is 27.2. The Kier molecular flexibility index (Phi) is 3.20. The SMILES string of the molecule is Cc1ccc(F)c(Nc2ccc(C#N)nc2)c1F. The molecule has 0 aliphatic rings. The second kappa shape index (κ2) is 4.80. The monoisotopic (exact) mass is 245 g/mol. The van der Waals surface area contributed by atoms with Crippen LogP contribution in [-0.2, 0) is 0 Å². The summed E-state index contributed by atoms with van der Waals surface area (Å²) in [5.74, 6) is -1.32. The average molecular weight is 245 g/mol. The molecule has 0 amide bonds. The van der Waals surface area contributed by atoms with E-state index in [1.807, 2.05) is 6.07 Å². The minimum absolute atomic E-state index is 0.221. The van der Waals surface area contributed by atoms with Gasteiger partial charge in [0.25, 0.3) is 0 Å². The quantitative estimate of drug-likeness (QED) is 0.883. The van der Waals surface area contributed by atoms with Crippen molar-refractivity contribution in [2.75, 3.05) is 5.32 Å². The second-order valence-electron chi connectivity index (χ2n) is 3.72. The number of pyridine rings is 1. The van der Waals surface area contributed by atoms with Crippen LogP contribution in [-0.4, -0.2) is 4.98 Å². The highest BCUT2D eigenvalue weighted by atomic mass is 19.1. The molecule has 18 heavy (non-hydrogen) atoms. The van der Waals surface area contributed by atoms with Crippen molar-refractivity contribution in [3.63, 3.8) is 0 Å². The van der Waals surface area contributed by atoms with Gasteiger partial charge in [0.05, 0.1) is 11.9 Å². The summed E-state index contributed by atoms with van der Waals surface area (Å²) in [4.78, 5) is 3.81. The maximum absolute atomic E-state index is 13.7. The van der Waals surface area contributed by atoms with Crippen LogP contribution in [0.1, 0.15) is 11.3 Å². The molecule has 0 fully saturated rings. The van der Waals surface area contributed by atoms with Gasteiger partial charge in [-0.3, -0.25) is 0 Å². The van der Waals surface area contributed by atoms with Crippen molar-refractivity contribution in [3.05, 3.63) is 53.4 Å². The Labute approximate surface area is 103 Å². The predicted octanol–water partition coefficient (Wildman–Crippen LogP) is 3.28. The van der Waals surface area contributed by atoms with Crippen LogP contribution < -0.4 is 5.32 Å². The number of nitriles is 1. The molecule has 1 aromatic heterocycles. The van der Waals surface area contributed by atoms with Crippen LogP contribution in [0.5, 0.6) is 0 Å². The van der Waals surface area contributed by atoms with Gasteiger partial charge in [-0.15, -0.1) is 0 Å². The van der Waals surface area contributed by atoms with Gasteiger partial charge in [0, 0.05) is 0 Å². The summed E-state index contributed by atoms with van der Waals surface area (Å²) >= 11 is 0. The molecule has 0 saturated heterocycles. The van der Waals surface area contributed by atoms with E-state index in [9.17, 15) is 8.78 Å². The van der Waals surface area contributed by atoms with Crippen molar-refractivity contribution >= 4 is 11.4 Å². The maximum atomic E-state index is 13.7. The molecular weight excluding hydrogens is 236 g/mol. The molecule has 3 nitrogen and oxygen atoms in total. The Balaban J connectivity index is 2.34. The first-order chi connectivity index (χ1) is 8.61. The number of aryl methyl sites for hydroxylation is 1. The van der Waals surface area contributed by atoms with Gasteiger partial charge in [0.15, 0.2) is 5.82 Å². The fourth-order valence-electron chi connectivity index (χ4n) is 1.45. The van der Waals surface area contributed by atoms with Gasteiger partial charge in [0.2, 0.25) is 0 Å². The van der Waals surface area contributed by atoms with Gasteiger partial charge in [0.1, 0.15) is 23.3 Å². The van der Waals surface area contributed by atoms with Gasteiger partial charge in [-0.05, 0) is 30.7 Å². The van der Waals surface area contributed by atoms with Gasteiger partial charge >= 0.3 is 0 Å². The second-order valence-corrected chi connectivity index (χ2v) is 3.72. The zero-order valence-electron chi connectivity index (χ0n) is 9.54. The molecular formula is C13H9F2N3. The Hall–Kier alpha value is -2.48. The first kappa shape index (κ1) is 12.0. The standard InChI is InChI=1S/C13H9F2N3/c1-8-2-5-11(14)13(12(8)15)18-10-4-3-9(6-16)17-7-10/h2-5,7,18H,1H3. The van der Waals surface area contributed by atoms with E-state index in [4.69, 9.17) is 5.26 Å². The lowest BCUT2D eigenvalue weighted by atomic mass is 10.2. The number of hydrogen-bond acceptors (Lipinski definition) is 3. The summed E-state index contributed by atoms with van der Waals surface area (Å²) in [6.45, 7) is 1.55. The zero-order chi connectivity index (χ0) is 13.1. The van der Waals surface area contributed by atoms with Crippen LogP contribution in [0.25, 0.3) is 0 Å². The van der Waals surface area contributed by atoms with E-state index in [-0.39, 0.29) is 11.4 Å². The van der Waals surface area contributed by atoms with Crippen LogP contribution in [0.3, 0.4) is 0 Å². The van der Waals surface area contributed by atoms with Gasteiger partial charge < -0.3 is 5.32 Å². The van der Waals surface area contributed by atoms with Gasteiger partial charge in [-0.1, -0.05) is 6.07 Å². The maximum Gasteiger partial charge on any atom is 0.152 e. The third kappa shape index (κ3) is 2.28. The normalized spacial score (nSPS) is 9.89. The molecule has 1 aromatic carbocycles. The summed E-state index contributed by atoms with van der Waals surface area (Å²) in [5.41, 5.74) is 0.783. The first-order valence-electron chi connectivity index (χ1n) is 5.19. The lowest BCUT2D eigenvalue weighted by molar-refractivity contribution is 0.585. The summed E-state index contributed by atoms with van der Waals surface area (Å²) in [7, 11) is 0. The van der Waals surface area contributed by atoms with E-state index in [0.29, 0.717) is 11.3 Å². The van der Waals surface area contributed by atoms with E-state index < -0.39 is 11.6 Å². The molecule has 0 radical (unpaired) electrons. The third-order valence-corrected chi connectivity index (χ3v) is 2.43. The minimum Gasteiger partial charge on any atom is -0.349 e. The lowest BCUT2D eigenvalue weighted by Crippen LogP contribution is -2.00. The molecule has 90 valence electrons. The van der Waals surface area contributed by atoms with Crippen LogP contribution in [0.2, 0.25) is 0 Å². The Morgan fingerprint density at radius 3 is 2.61 bits per heavy atom. The molecule has 2 rings (SSSR count). The molecule has 0 spiro atoms. The third-order valence-electron chi connectivity index (χ3n) is 2.43. The molecule has 0 aliphatic heterocycles. The largest absolute Gasteiger partial charge is 0.349 e. The van der Waals surface area contributed by atoms with Crippen molar-refractivity contribution in [1.29, 1.82) is 5.26 Å². The minimum atomic E-state index is -0.678. The average Bonchev–Trinajstić information content (AvgIpc) is 2.40. The zero-order valence-corrected chi connectivity index (χ0v) is 9.54. The van der Waals surface area contributed by atoms with Crippen molar-refractivity contribution in [1.82, 2.24) is 4.98 Å². The predicted molar refractivity (Wildman–Crippen MR) is 63.3 cm³/mol. The van der Waals surface area contributed by atoms with Gasteiger partial charge in [-0.25, -0.2) is 13.8 Å². The lowest BCUT2D eigenvalue weighted by Gasteiger charge is -2.09. The van der Waals surface area contributed by atoms with Crippen molar-refractivity contribution in [3.8, 4) is 6.07 Å². The Bertz CT molecular complexity index is 615. The topological polar surface area (TPSA) is 48.7 Å². The number of hydrogen-bond donors (Lipinski definition) is 1. The molecule has 5 heteroatoms. The highest BCUT2D eigenvalue weighted by molar-refractivity contribution is 5.61. The molecule has 0 unspecified atom stereocenters. The number of rotatable bonds is 2.